The maximum absolute atomic E-state index is 13.8. The monoisotopic (exact) mass is 546 g/mol. The van der Waals surface area contributed by atoms with E-state index in [9.17, 15) is 9.59 Å². The van der Waals surface area contributed by atoms with Gasteiger partial charge in [0.2, 0.25) is 0 Å². The molecule has 3 aromatic carbocycles. The number of nitrogens with one attached hydrogen (secondary N) is 1. The number of piperidine rings is 1. The lowest BCUT2D eigenvalue weighted by Gasteiger charge is -2.36. The third-order valence-electron chi connectivity index (χ3n) is 7.19. The van der Waals surface area contributed by atoms with Gasteiger partial charge in [-0.15, -0.1) is 0 Å². The van der Waals surface area contributed by atoms with Crippen LogP contribution in [0, 0.1) is 0 Å². The summed E-state index contributed by atoms with van der Waals surface area (Å²) >= 11 is 6.47. The molecule has 204 valence electrons. The van der Waals surface area contributed by atoms with Gasteiger partial charge in [0, 0.05) is 30.1 Å². The molecule has 8 heteroatoms. The molecule has 39 heavy (non-hydrogen) atoms. The molecule has 3 aromatic rings. The topological polar surface area (TPSA) is 74.2 Å². The molecule has 1 N–H and O–H groups in total. The number of ether oxygens (including phenoxy) is 1. The van der Waals surface area contributed by atoms with Crippen LogP contribution in [0.15, 0.2) is 65.7 Å². The van der Waals surface area contributed by atoms with Crippen LogP contribution in [-0.4, -0.2) is 60.6 Å². The number of rotatable bonds is 3. The Bertz CT molecular complexity index is 1420. The van der Waals surface area contributed by atoms with Gasteiger partial charge in [0.05, 0.1) is 5.69 Å². The van der Waals surface area contributed by atoms with Crippen LogP contribution in [0.4, 0.5) is 10.5 Å². The van der Waals surface area contributed by atoms with Crippen LogP contribution in [0.25, 0.3) is 10.8 Å². The maximum Gasteiger partial charge on any atom is 0.416 e. The minimum Gasteiger partial charge on any atom is -0.443 e. The zero-order valence-corrected chi connectivity index (χ0v) is 23.7. The summed E-state index contributed by atoms with van der Waals surface area (Å²) in [6.07, 6.45) is 1.41. The Balaban J connectivity index is 1.63. The molecule has 1 atom stereocenters. The lowest BCUT2D eigenvalue weighted by atomic mass is 10.0. The molecule has 1 unspecified atom stereocenters. The number of carbonyl (C=O) groups is 2. The number of hydrogen-bond donors (Lipinski definition) is 1. The third kappa shape index (κ3) is 5.94. The van der Waals surface area contributed by atoms with Gasteiger partial charge in [-0.3, -0.25) is 14.7 Å². The second-order valence-corrected chi connectivity index (χ2v) is 11.7. The van der Waals surface area contributed by atoms with Gasteiger partial charge in [-0.25, -0.2) is 4.79 Å². The summed E-state index contributed by atoms with van der Waals surface area (Å²) in [5.41, 5.74) is 1.61. The number of carbonyl (C=O) groups excluding carboxylic acids is 2. The zero-order chi connectivity index (χ0) is 27.7. The van der Waals surface area contributed by atoms with Gasteiger partial charge >= 0.3 is 6.09 Å². The van der Waals surface area contributed by atoms with Crippen molar-refractivity contribution in [1.82, 2.24) is 10.2 Å². The van der Waals surface area contributed by atoms with E-state index < -0.39 is 17.7 Å². The first-order chi connectivity index (χ1) is 18.6. The summed E-state index contributed by atoms with van der Waals surface area (Å²) in [6, 6.07) is 18.9. The fourth-order valence-corrected chi connectivity index (χ4v) is 5.46. The van der Waals surface area contributed by atoms with Crippen molar-refractivity contribution in [2.75, 3.05) is 25.0 Å². The van der Waals surface area contributed by atoms with E-state index in [0.29, 0.717) is 28.5 Å². The Morgan fingerprint density at radius 3 is 2.51 bits per heavy atom. The first-order valence-corrected chi connectivity index (χ1v) is 13.8. The van der Waals surface area contributed by atoms with Crippen LogP contribution >= 0.6 is 11.6 Å². The number of amides is 2. The predicted molar refractivity (Wildman–Crippen MR) is 157 cm³/mol. The van der Waals surface area contributed by atoms with Crippen LogP contribution in [-0.2, 0) is 16.0 Å². The van der Waals surface area contributed by atoms with Crippen molar-refractivity contribution >= 4 is 45.9 Å². The van der Waals surface area contributed by atoms with E-state index in [1.54, 1.807) is 29.0 Å². The molecule has 2 heterocycles. The summed E-state index contributed by atoms with van der Waals surface area (Å²) < 4.78 is 5.90. The van der Waals surface area contributed by atoms with E-state index in [4.69, 9.17) is 21.3 Å². The van der Waals surface area contributed by atoms with Crippen molar-refractivity contribution in [3.05, 3.63) is 76.8 Å². The first-order valence-electron chi connectivity index (χ1n) is 13.5. The van der Waals surface area contributed by atoms with E-state index in [-0.39, 0.29) is 11.9 Å². The minimum atomic E-state index is -0.732. The number of benzene rings is 3. The minimum absolute atomic E-state index is 0.133. The van der Waals surface area contributed by atoms with E-state index in [1.165, 1.54) is 0 Å². The van der Waals surface area contributed by atoms with Gasteiger partial charge in [-0.05, 0) is 81.2 Å². The Labute approximate surface area is 234 Å². The quantitative estimate of drug-likeness (QED) is 0.449. The van der Waals surface area contributed by atoms with Crippen molar-refractivity contribution in [3.8, 4) is 0 Å². The largest absolute Gasteiger partial charge is 0.443 e. The molecule has 0 spiro atoms. The molecule has 0 saturated carbocycles. The number of halogens is 1. The summed E-state index contributed by atoms with van der Waals surface area (Å²) in [7, 11) is 1.75. The summed E-state index contributed by atoms with van der Waals surface area (Å²) in [5.74, 6) is 0.285. The molecule has 1 fully saturated rings. The Hall–Kier alpha value is -3.42. The number of fused-ring (bicyclic) bond motifs is 2. The van der Waals surface area contributed by atoms with E-state index in [1.807, 2.05) is 45.0 Å². The molecule has 2 aliphatic heterocycles. The highest BCUT2D eigenvalue weighted by atomic mass is 35.5. The van der Waals surface area contributed by atoms with Crippen LogP contribution in [0.2, 0.25) is 5.02 Å². The maximum atomic E-state index is 13.8. The third-order valence-corrected chi connectivity index (χ3v) is 7.42. The molecule has 0 aromatic heterocycles. The van der Waals surface area contributed by atoms with Gasteiger partial charge in [0.25, 0.3) is 5.91 Å². The molecule has 0 bridgehead atoms. The second-order valence-electron chi connectivity index (χ2n) is 11.2. The van der Waals surface area contributed by atoms with Gasteiger partial charge in [-0.2, -0.15) is 0 Å². The first kappa shape index (κ1) is 27.2. The average Bonchev–Trinajstić information content (AvgIpc) is 2.99. The van der Waals surface area contributed by atoms with Crippen molar-refractivity contribution in [2.45, 2.75) is 57.7 Å². The highest BCUT2D eigenvalue weighted by Crippen LogP contribution is 2.32. The summed E-state index contributed by atoms with van der Waals surface area (Å²) in [5, 5.41) is 6.12. The number of anilines is 1. The lowest BCUT2D eigenvalue weighted by molar-refractivity contribution is -0.119. The van der Waals surface area contributed by atoms with Gasteiger partial charge in [-0.1, -0.05) is 54.1 Å². The molecular weight excluding hydrogens is 512 g/mol. The van der Waals surface area contributed by atoms with Gasteiger partial charge in [0.15, 0.2) is 0 Å². The summed E-state index contributed by atoms with van der Waals surface area (Å²) in [4.78, 5) is 36.0. The van der Waals surface area contributed by atoms with Crippen LogP contribution < -0.4 is 10.2 Å². The highest BCUT2D eigenvalue weighted by molar-refractivity contribution is 6.31. The van der Waals surface area contributed by atoms with Crippen LogP contribution in [0.1, 0.15) is 44.7 Å². The molecule has 0 radical (unpaired) electrons. The van der Waals surface area contributed by atoms with Crippen molar-refractivity contribution in [2.24, 2.45) is 4.99 Å². The molecular formula is C31H35ClN4O3. The van der Waals surface area contributed by atoms with Gasteiger partial charge in [0.1, 0.15) is 17.5 Å². The second kappa shape index (κ2) is 11.0. The number of aliphatic imine (C=N–C) groups is 1. The average molecular weight is 547 g/mol. The van der Waals surface area contributed by atoms with Gasteiger partial charge < -0.3 is 15.0 Å². The molecule has 2 aliphatic rings. The Kier molecular flexibility index (Phi) is 7.65. The van der Waals surface area contributed by atoms with E-state index >= 15 is 0 Å². The van der Waals surface area contributed by atoms with Crippen LogP contribution in [0.3, 0.4) is 0 Å². The Morgan fingerprint density at radius 2 is 1.79 bits per heavy atom. The molecule has 0 aliphatic carbocycles. The highest BCUT2D eigenvalue weighted by Gasteiger charge is 2.38. The standard InChI is InChI=1S/C31H35ClN4O3/c1-31(2,3)39-30(38)36(24-13-15-33-16-14-24)28-25-19-23(32)11-12-27(25)35(4)29(37)26(34-28)18-20-9-10-21-7-5-6-8-22(21)17-20/h5-12,17,19,24,26,33H,13-16,18H2,1-4H3. The number of amidine groups is 1. The smallest absolute Gasteiger partial charge is 0.416 e. The lowest BCUT2D eigenvalue weighted by Crippen LogP contribution is -2.51. The molecule has 7 nitrogen and oxygen atoms in total. The SMILES string of the molecule is CN1C(=O)C(Cc2ccc3ccccc3c2)N=C(N(C(=O)OC(C)(C)C)C2CCNCC2)c2cc(Cl)ccc21. The zero-order valence-electron chi connectivity index (χ0n) is 22.9. The Morgan fingerprint density at radius 1 is 1.08 bits per heavy atom. The molecule has 1 saturated heterocycles. The fraction of sp³-hybridized carbons (Fsp3) is 0.387. The fourth-order valence-electron chi connectivity index (χ4n) is 5.29. The van der Waals surface area contributed by atoms with Crippen molar-refractivity contribution in [1.29, 1.82) is 0 Å². The number of likely N-dealkylation sites (N-methyl/N-ethyl adjacent to an activating group) is 1. The summed E-state index contributed by atoms with van der Waals surface area (Å²) in [6.45, 7) is 7.11. The number of nitrogens with zero attached hydrogens (tertiary/aromatic N) is 3. The number of benzodiazepines with no additional fused rings is 1. The normalized spacial score (nSPS) is 18.4. The molecule has 2 amide bonds. The predicted octanol–water partition coefficient (Wildman–Crippen LogP) is 5.82. The molecule has 5 rings (SSSR count). The van der Waals surface area contributed by atoms with Crippen LogP contribution in [0.5, 0.6) is 0 Å². The van der Waals surface area contributed by atoms with E-state index in [2.05, 4.69) is 29.6 Å². The van der Waals surface area contributed by atoms with Crippen molar-refractivity contribution < 1.29 is 14.3 Å². The van der Waals surface area contributed by atoms with E-state index in [0.717, 1.165) is 42.3 Å². The number of hydrogen-bond acceptors (Lipinski definition) is 5. The van der Waals surface area contributed by atoms with Crippen molar-refractivity contribution in [3.63, 3.8) is 0 Å².